The van der Waals surface area contributed by atoms with Crippen LogP contribution in [0.2, 0.25) is 0 Å². The molecule has 0 saturated heterocycles. The van der Waals surface area contributed by atoms with Gasteiger partial charge >= 0.3 is 0 Å². The molecule has 5 aliphatic carbocycles. The van der Waals surface area contributed by atoms with Gasteiger partial charge in [0.25, 0.3) is 0 Å². The van der Waals surface area contributed by atoms with Gasteiger partial charge in [-0.1, -0.05) is 19.4 Å². The van der Waals surface area contributed by atoms with Gasteiger partial charge in [0.05, 0.1) is 0 Å². The van der Waals surface area contributed by atoms with Crippen LogP contribution in [0.3, 0.4) is 0 Å². The van der Waals surface area contributed by atoms with Crippen molar-refractivity contribution in [2.45, 2.75) is 64.7 Å². The van der Waals surface area contributed by atoms with E-state index >= 15 is 0 Å². The predicted molar refractivity (Wildman–Crippen MR) is 76.7 cm³/mol. The third-order valence-electron chi connectivity index (χ3n) is 6.60. The molecule has 1 unspecified atom stereocenters. The highest BCUT2D eigenvalue weighted by Gasteiger charge is 2.54. The zero-order chi connectivity index (χ0) is 13.0. The molecule has 0 aromatic rings. The zero-order valence-corrected chi connectivity index (χ0v) is 12.2. The largest absolute Gasteiger partial charge is 0.294 e. The smallest absolute Gasteiger partial charge is 0.164 e. The summed E-state index contributed by atoms with van der Waals surface area (Å²) in [7, 11) is 0. The van der Waals surface area contributed by atoms with Crippen LogP contribution < -0.4 is 0 Å². The molecule has 4 bridgehead atoms. The molecule has 4 fully saturated rings. The lowest BCUT2D eigenvalue weighted by molar-refractivity contribution is -0.139. The summed E-state index contributed by atoms with van der Waals surface area (Å²) in [6, 6.07) is 0. The molecule has 19 heavy (non-hydrogen) atoms. The molecule has 0 spiro atoms. The molecule has 0 aliphatic heterocycles. The number of hydrogen-bond acceptors (Lipinski definition) is 1. The Kier molecular flexibility index (Phi) is 2.69. The van der Waals surface area contributed by atoms with Crippen LogP contribution in [-0.2, 0) is 4.79 Å². The summed E-state index contributed by atoms with van der Waals surface area (Å²) in [4.78, 5) is 13.1. The third-order valence-corrected chi connectivity index (χ3v) is 6.60. The number of Topliss-reactive ketones (excluding diaryl/α,β-unsaturated/α-hetero) is 1. The minimum atomic E-state index is 0.100. The molecule has 0 N–H and O–H groups in total. The molecule has 0 heterocycles. The van der Waals surface area contributed by atoms with E-state index in [0.717, 1.165) is 36.5 Å². The predicted octanol–water partition coefficient (Wildman–Crippen LogP) is 4.52. The molecule has 104 valence electrons. The highest BCUT2D eigenvalue weighted by molar-refractivity contribution is 6.00. The molecule has 5 rings (SSSR count). The molecular weight excluding hydrogens is 232 g/mol. The molecular formula is C18H26O. The van der Waals surface area contributed by atoms with Crippen LogP contribution in [0.25, 0.3) is 0 Å². The molecule has 1 atom stereocenters. The Balaban J connectivity index is 1.57. The number of ketones is 1. The second-order valence-electron chi connectivity index (χ2n) is 7.97. The van der Waals surface area contributed by atoms with Gasteiger partial charge in [0.15, 0.2) is 5.78 Å². The summed E-state index contributed by atoms with van der Waals surface area (Å²) in [6.07, 6.45) is 13.7. The lowest BCUT2D eigenvalue weighted by Gasteiger charge is -2.56. The van der Waals surface area contributed by atoms with Crippen LogP contribution in [0.5, 0.6) is 0 Å². The van der Waals surface area contributed by atoms with Gasteiger partial charge in [-0.3, -0.25) is 4.79 Å². The third kappa shape index (κ3) is 1.84. The zero-order valence-electron chi connectivity index (χ0n) is 12.2. The highest BCUT2D eigenvalue weighted by atomic mass is 16.1. The molecule has 0 radical (unpaired) electrons. The van der Waals surface area contributed by atoms with Gasteiger partial charge < -0.3 is 0 Å². The normalized spacial score (nSPS) is 47.5. The van der Waals surface area contributed by atoms with E-state index in [1.165, 1.54) is 50.5 Å². The summed E-state index contributed by atoms with van der Waals surface area (Å²) in [5, 5.41) is 0. The summed E-state index contributed by atoms with van der Waals surface area (Å²) in [5.41, 5.74) is 1.32. The van der Waals surface area contributed by atoms with Crippen LogP contribution in [0.1, 0.15) is 64.7 Å². The fraction of sp³-hybridized carbons (Fsp3) is 0.833. The van der Waals surface area contributed by atoms with Crippen molar-refractivity contribution in [1.82, 2.24) is 0 Å². The fourth-order valence-electron chi connectivity index (χ4n) is 6.01. The first-order valence-corrected chi connectivity index (χ1v) is 8.42. The molecule has 0 aromatic carbocycles. The number of allylic oxidation sites excluding steroid dienone is 2. The monoisotopic (exact) mass is 258 g/mol. The van der Waals surface area contributed by atoms with E-state index in [2.05, 4.69) is 13.0 Å². The SMILES string of the molecule is CCC1CC=C(C(=O)C23CC4CC(CC(C4)C2)C3)C1. The summed E-state index contributed by atoms with van der Waals surface area (Å²) in [6.45, 7) is 2.26. The Morgan fingerprint density at radius 1 is 1.16 bits per heavy atom. The van der Waals surface area contributed by atoms with Crippen molar-refractivity contribution in [3.8, 4) is 0 Å². The van der Waals surface area contributed by atoms with E-state index in [1.807, 2.05) is 0 Å². The minimum absolute atomic E-state index is 0.100. The molecule has 4 saturated carbocycles. The van der Waals surface area contributed by atoms with E-state index in [1.54, 1.807) is 0 Å². The average Bonchev–Trinajstić information content (AvgIpc) is 2.84. The fourth-order valence-corrected chi connectivity index (χ4v) is 6.01. The number of hydrogen-bond donors (Lipinski definition) is 0. The first kappa shape index (κ1) is 12.2. The Labute approximate surface area is 116 Å². The Morgan fingerprint density at radius 3 is 2.21 bits per heavy atom. The van der Waals surface area contributed by atoms with Gasteiger partial charge in [-0.05, 0) is 80.6 Å². The van der Waals surface area contributed by atoms with Crippen molar-refractivity contribution in [2.24, 2.45) is 29.1 Å². The number of carbonyl (C=O) groups excluding carboxylic acids is 1. The van der Waals surface area contributed by atoms with Gasteiger partial charge in [-0.15, -0.1) is 0 Å². The minimum Gasteiger partial charge on any atom is -0.294 e. The van der Waals surface area contributed by atoms with E-state index in [9.17, 15) is 4.79 Å². The van der Waals surface area contributed by atoms with Gasteiger partial charge in [-0.2, -0.15) is 0 Å². The van der Waals surface area contributed by atoms with Crippen LogP contribution in [-0.4, -0.2) is 5.78 Å². The van der Waals surface area contributed by atoms with Gasteiger partial charge in [0.1, 0.15) is 0 Å². The lowest BCUT2D eigenvalue weighted by Crippen LogP contribution is -2.50. The van der Waals surface area contributed by atoms with Crippen molar-refractivity contribution in [3.63, 3.8) is 0 Å². The van der Waals surface area contributed by atoms with Gasteiger partial charge in [0.2, 0.25) is 0 Å². The van der Waals surface area contributed by atoms with Crippen LogP contribution in [0.15, 0.2) is 11.6 Å². The molecule has 0 amide bonds. The summed E-state index contributed by atoms with van der Waals surface area (Å²) >= 11 is 0. The second kappa shape index (κ2) is 4.20. The Hall–Kier alpha value is -0.590. The topological polar surface area (TPSA) is 17.1 Å². The standard InChI is InChI=1S/C18H26O/c1-2-12-3-4-16(8-12)17(19)18-9-13-5-14(10-18)7-15(6-13)11-18/h4,12-15H,2-3,5-11H2,1H3. The molecule has 0 aromatic heterocycles. The maximum absolute atomic E-state index is 13.1. The maximum atomic E-state index is 13.1. The van der Waals surface area contributed by atoms with Crippen molar-refractivity contribution in [3.05, 3.63) is 11.6 Å². The number of carbonyl (C=O) groups is 1. The first-order valence-electron chi connectivity index (χ1n) is 8.42. The lowest BCUT2D eigenvalue weighted by atomic mass is 9.48. The molecule has 5 aliphatic rings. The number of rotatable bonds is 3. The Morgan fingerprint density at radius 2 is 1.74 bits per heavy atom. The van der Waals surface area contributed by atoms with E-state index < -0.39 is 0 Å². The van der Waals surface area contributed by atoms with Crippen molar-refractivity contribution < 1.29 is 4.79 Å². The summed E-state index contributed by atoms with van der Waals surface area (Å²) in [5.74, 6) is 4.01. The van der Waals surface area contributed by atoms with E-state index in [4.69, 9.17) is 0 Å². The van der Waals surface area contributed by atoms with E-state index in [0.29, 0.717) is 5.78 Å². The first-order chi connectivity index (χ1) is 9.18. The summed E-state index contributed by atoms with van der Waals surface area (Å²) < 4.78 is 0. The molecule has 1 nitrogen and oxygen atoms in total. The van der Waals surface area contributed by atoms with E-state index in [-0.39, 0.29) is 5.41 Å². The molecule has 1 heteroatoms. The maximum Gasteiger partial charge on any atom is 0.164 e. The van der Waals surface area contributed by atoms with Gasteiger partial charge in [-0.25, -0.2) is 0 Å². The van der Waals surface area contributed by atoms with Crippen molar-refractivity contribution >= 4 is 5.78 Å². The Bertz CT molecular complexity index is 396. The average molecular weight is 258 g/mol. The van der Waals surface area contributed by atoms with Crippen LogP contribution in [0.4, 0.5) is 0 Å². The van der Waals surface area contributed by atoms with Crippen LogP contribution >= 0.6 is 0 Å². The van der Waals surface area contributed by atoms with Gasteiger partial charge in [0, 0.05) is 5.41 Å². The highest BCUT2D eigenvalue weighted by Crippen LogP contribution is 2.61. The quantitative estimate of drug-likeness (QED) is 0.727. The van der Waals surface area contributed by atoms with Crippen molar-refractivity contribution in [2.75, 3.05) is 0 Å². The van der Waals surface area contributed by atoms with Crippen molar-refractivity contribution in [1.29, 1.82) is 0 Å². The second-order valence-corrected chi connectivity index (χ2v) is 7.97. The van der Waals surface area contributed by atoms with Crippen LogP contribution in [0, 0.1) is 29.1 Å².